The van der Waals surface area contributed by atoms with Crippen molar-refractivity contribution in [1.82, 2.24) is 20.0 Å². The van der Waals surface area contributed by atoms with Crippen LogP contribution in [0, 0.1) is 5.82 Å². The number of hydrogen-bond acceptors (Lipinski definition) is 5. The highest BCUT2D eigenvalue weighted by atomic mass is 35.5. The second kappa shape index (κ2) is 11.0. The van der Waals surface area contributed by atoms with E-state index in [0.29, 0.717) is 42.9 Å². The fraction of sp³-hybridized carbons (Fsp3) is 0.360. The maximum absolute atomic E-state index is 14.2. The molecular weight excluding hydrogens is 475 g/mol. The molecule has 1 saturated carbocycles. The highest BCUT2D eigenvalue weighted by molar-refractivity contribution is 6.30. The van der Waals surface area contributed by atoms with Gasteiger partial charge in [-0.05, 0) is 37.8 Å². The van der Waals surface area contributed by atoms with E-state index < -0.39 is 17.8 Å². The van der Waals surface area contributed by atoms with E-state index in [1.54, 1.807) is 30.3 Å². The van der Waals surface area contributed by atoms with Crippen LogP contribution >= 0.6 is 11.6 Å². The summed E-state index contributed by atoms with van der Waals surface area (Å²) in [5.41, 5.74) is 1.12. The van der Waals surface area contributed by atoms with Crippen LogP contribution in [-0.4, -0.2) is 56.6 Å². The monoisotopic (exact) mass is 500 g/mol. The zero-order chi connectivity index (χ0) is 24.9. The third kappa shape index (κ3) is 5.68. The topological polar surface area (TPSA) is 105 Å². The minimum Gasteiger partial charge on any atom is -0.393 e. The van der Waals surface area contributed by atoms with Gasteiger partial charge in [0.15, 0.2) is 6.29 Å². The predicted octanol–water partition coefficient (Wildman–Crippen LogP) is 3.09. The molecule has 184 valence electrons. The van der Waals surface area contributed by atoms with Crippen molar-refractivity contribution in [3.05, 3.63) is 64.6 Å². The summed E-state index contributed by atoms with van der Waals surface area (Å²) in [5.74, 6) is -1.37. The van der Waals surface area contributed by atoms with E-state index >= 15 is 0 Å². The molecule has 10 heteroatoms. The number of aliphatic hydroxyl groups excluding tert-OH is 1. The Balaban J connectivity index is 1.50. The summed E-state index contributed by atoms with van der Waals surface area (Å²) in [4.78, 5) is 39.1. The second-order valence-corrected chi connectivity index (χ2v) is 9.06. The van der Waals surface area contributed by atoms with Gasteiger partial charge < -0.3 is 15.3 Å². The highest BCUT2D eigenvalue weighted by Gasteiger charge is 2.30. The molecule has 0 bridgehead atoms. The number of hydrogen-bond donors (Lipinski definition) is 2. The molecule has 1 heterocycles. The predicted molar refractivity (Wildman–Crippen MR) is 128 cm³/mol. The number of aliphatic hydroxyl groups is 1. The van der Waals surface area contributed by atoms with Gasteiger partial charge in [-0.15, -0.1) is 0 Å². The Kier molecular flexibility index (Phi) is 7.77. The van der Waals surface area contributed by atoms with Crippen molar-refractivity contribution < 1.29 is 23.9 Å². The number of benzene rings is 2. The first kappa shape index (κ1) is 24.8. The van der Waals surface area contributed by atoms with Crippen molar-refractivity contribution in [3.8, 4) is 0 Å². The SMILES string of the molecule is O=Cc1nn(CC(=O)N(CC(=O)NCc2cccc(Cl)c2F)C2CCC(O)CC2)c2ccccc12. The smallest absolute Gasteiger partial charge is 0.245 e. The molecule has 1 aliphatic carbocycles. The van der Waals surface area contributed by atoms with Gasteiger partial charge in [0.1, 0.15) is 18.1 Å². The fourth-order valence-corrected chi connectivity index (χ4v) is 4.65. The molecule has 0 unspecified atom stereocenters. The lowest BCUT2D eigenvalue weighted by Gasteiger charge is -2.35. The number of amides is 2. The maximum Gasteiger partial charge on any atom is 0.245 e. The van der Waals surface area contributed by atoms with Gasteiger partial charge in [-0.3, -0.25) is 19.1 Å². The van der Waals surface area contributed by atoms with Crippen molar-refractivity contribution in [2.45, 2.75) is 50.9 Å². The molecule has 1 aliphatic rings. The van der Waals surface area contributed by atoms with Crippen LogP contribution < -0.4 is 5.32 Å². The van der Waals surface area contributed by atoms with E-state index in [1.165, 1.54) is 21.7 Å². The van der Waals surface area contributed by atoms with Crippen LogP contribution in [-0.2, 0) is 22.7 Å². The molecule has 35 heavy (non-hydrogen) atoms. The van der Waals surface area contributed by atoms with Crippen LogP contribution in [0.2, 0.25) is 5.02 Å². The maximum atomic E-state index is 14.2. The Bertz CT molecular complexity index is 1240. The normalized spacial score (nSPS) is 17.8. The van der Waals surface area contributed by atoms with E-state index in [1.807, 2.05) is 0 Å². The molecule has 2 N–H and O–H groups in total. The van der Waals surface area contributed by atoms with E-state index in [2.05, 4.69) is 10.4 Å². The Morgan fingerprint density at radius 1 is 1.17 bits per heavy atom. The Morgan fingerprint density at radius 3 is 2.66 bits per heavy atom. The first-order valence-electron chi connectivity index (χ1n) is 11.4. The van der Waals surface area contributed by atoms with E-state index in [4.69, 9.17) is 11.6 Å². The molecule has 2 amide bonds. The molecule has 0 saturated heterocycles. The van der Waals surface area contributed by atoms with Crippen LogP contribution in [0.3, 0.4) is 0 Å². The van der Waals surface area contributed by atoms with Gasteiger partial charge in [0.05, 0.1) is 23.2 Å². The lowest BCUT2D eigenvalue weighted by molar-refractivity contribution is -0.140. The summed E-state index contributed by atoms with van der Waals surface area (Å²) < 4.78 is 15.6. The zero-order valence-electron chi connectivity index (χ0n) is 19.0. The molecule has 1 fully saturated rings. The summed E-state index contributed by atoms with van der Waals surface area (Å²) in [6.45, 7) is -0.436. The second-order valence-electron chi connectivity index (χ2n) is 8.65. The number of carbonyl (C=O) groups is 3. The zero-order valence-corrected chi connectivity index (χ0v) is 19.7. The highest BCUT2D eigenvalue weighted by Crippen LogP contribution is 2.24. The summed E-state index contributed by atoms with van der Waals surface area (Å²) in [6.07, 6.45) is 2.40. The van der Waals surface area contributed by atoms with Gasteiger partial charge in [-0.1, -0.05) is 41.9 Å². The lowest BCUT2D eigenvalue weighted by Crippen LogP contribution is -2.49. The Hall–Kier alpha value is -3.30. The Morgan fingerprint density at radius 2 is 1.91 bits per heavy atom. The average Bonchev–Trinajstić information content (AvgIpc) is 3.21. The summed E-state index contributed by atoms with van der Waals surface area (Å²) in [6, 6.07) is 11.4. The van der Waals surface area contributed by atoms with E-state index in [9.17, 15) is 23.9 Å². The number of para-hydroxylation sites is 1. The van der Waals surface area contributed by atoms with Crippen LogP contribution in [0.15, 0.2) is 42.5 Å². The number of halogens is 2. The Labute approximate surface area is 206 Å². The summed E-state index contributed by atoms with van der Waals surface area (Å²) >= 11 is 5.81. The third-order valence-electron chi connectivity index (χ3n) is 6.33. The largest absolute Gasteiger partial charge is 0.393 e. The number of fused-ring (bicyclic) bond motifs is 1. The summed E-state index contributed by atoms with van der Waals surface area (Å²) in [5, 5.41) is 17.4. The quantitative estimate of drug-likeness (QED) is 0.462. The molecule has 0 spiro atoms. The number of nitrogens with zero attached hydrogens (tertiary/aromatic N) is 3. The number of rotatable bonds is 8. The van der Waals surface area contributed by atoms with Gasteiger partial charge in [-0.25, -0.2) is 4.39 Å². The van der Waals surface area contributed by atoms with Crippen molar-refractivity contribution in [2.24, 2.45) is 0 Å². The molecular formula is C25H26ClFN4O4. The summed E-state index contributed by atoms with van der Waals surface area (Å²) in [7, 11) is 0. The van der Waals surface area contributed by atoms with Crippen LogP contribution in [0.1, 0.15) is 41.7 Å². The van der Waals surface area contributed by atoms with Gasteiger partial charge in [0.2, 0.25) is 11.8 Å². The minimum atomic E-state index is -0.597. The molecule has 3 aromatic rings. The van der Waals surface area contributed by atoms with Crippen molar-refractivity contribution in [1.29, 1.82) is 0 Å². The molecule has 4 rings (SSSR count). The third-order valence-corrected chi connectivity index (χ3v) is 6.62. The first-order chi connectivity index (χ1) is 16.9. The average molecular weight is 501 g/mol. The number of carbonyl (C=O) groups excluding carboxylic acids is 3. The molecule has 1 aromatic heterocycles. The molecule has 0 atom stereocenters. The standard InChI is InChI=1S/C25H26ClFN4O4/c26-20-6-3-4-16(25(20)27)12-28-23(34)13-30(17-8-10-18(33)11-9-17)24(35)14-31-22-7-2-1-5-19(22)21(15-32)29-31/h1-7,15,17-18,33H,8-14H2,(H,28,34). The van der Waals surface area contributed by atoms with Crippen LogP contribution in [0.5, 0.6) is 0 Å². The van der Waals surface area contributed by atoms with Crippen molar-refractivity contribution in [2.75, 3.05) is 6.54 Å². The molecule has 2 aromatic carbocycles. The van der Waals surface area contributed by atoms with Crippen LogP contribution in [0.4, 0.5) is 4.39 Å². The molecule has 0 aliphatic heterocycles. The molecule has 0 radical (unpaired) electrons. The van der Waals surface area contributed by atoms with Gasteiger partial charge in [-0.2, -0.15) is 5.10 Å². The number of nitrogens with one attached hydrogen (secondary N) is 1. The van der Waals surface area contributed by atoms with Crippen molar-refractivity contribution in [3.63, 3.8) is 0 Å². The first-order valence-corrected chi connectivity index (χ1v) is 11.8. The number of aromatic nitrogens is 2. The van der Waals surface area contributed by atoms with Crippen molar-refractivity contribution >= 4 is 40.6 Å². The van der Waals surface area contributed by atoms with Gasteiger partial charge in [0, 0.05) is 23.5 Å². The fourth-order valence-electron chi connectivity index (χ4n) is 4.46. The number of aldehydes is 1. The molecule has 8 nitrogen and oxygen atoms in total. The van der Waals surface area contributed by atoms with Crippen LogP contribution in [0.25, 0.3) is 10.9 Å². The van der Waals surface area contributed by atoms with E-state index in [0.717, 1.165) is 0 Å². The van der Waals surface area contributed by atoms with Gasteiger partial charge in [0.25, 0.3) is 0 Å². The van der Waals surface area contributed by atoms with E-state index in [-0.39, 0.29) is 47.9 Å². The van der Waals surface area contributed by atoms with Gasteiger partial charge >= 0.3 is 0 Å². The minimum absolute atomic E-state index is 0.0320. The lowest BCUT2D eigenvalue weighted by atomic mass is 9.92.